The molecule has 0 aromatic heterocycles. The largest absolute Gasteiger partial charge is 0.386 e. The van der Waals surface area contributed by atoms with E-state index in [1.807, 2.05) is 31.2 Å². The number of nitriles is 2. The standard InChI is InChI=1S/C16H16N4O2/c1-10-4-6-11(7-5-10)12-14(8-17)13(19)20-16(21-2,22-3)15(12,14)9-18/h4-7,12H,1-3H3,(H2,19,20)/t12-,14+,15-/m1/s1. The van der Waals surface area contributed by atoms with E-state index in [2.05, 4.69) is 17.1 Å². The molecule has 0 amide bonds. The second-order valence-corrected chi connectivity index (χ2v) is 5.67. The molecule has 3 rings (SSSR count). The van der Waals surface area contributed by atoms with Crippen LogP contribution in [0.3, 0.4) is 0 Å². The van der Waals surface area contributed by atoms with Crippen LogP contribution >= 0.6 is 0 Å². The van der Waals surface area contributed by atoms with Crippen molar-refractivity contribution in [1.29, 1.82) is 10.5 Å². The summed E-state index contributed by atoms with van der Waals surface area (Å²) in [7, 11) is 2.80. The number of amidine groups is 1. The highest BCUT2D eigenvalue weighted by Crippen LogP contribution is 2.81. The number of benzene rings is 1. The molecule has 3 atom stereocenters. The molecule has 22 heavy (non-hydrogen) atoms. The summed E-state index contributed by atoms with van der Waals surface area (Å²) in [6.45, 7) is 1.97. The summed E-state index contributed by atoms with van der Waals surface area (Å²) in [5, 5.41) is 19.6. The summed E-state index contributed by atoms with van der Waals surface area (Å²) in [5.74, 6) is -1.91. The minimum atomic E-state index is -1.56. The molecule has 2 N–H and O–H groups in total. The summed E-state index contributed by atoms with van der Waals surface area (Å²) >= 11 is 0. The number of hydrogen-bond donors (Lipinski definition) is 1. The summed E-state index contributed by atoms with van der Waals surface area (Å²) in [5.41, 5.74) is 5.47. The van der Waals surface area contributed by atoms with Crippen LogP contribution in [0.15, 0.2) is 29.3 Å². The first-order valence-electron chi connectivity index (χ1n) is 6.85. The highest BCUT2D eigenvalue weighted by atomic mass is 16.7. The van der Waals surface area contributed by atoms with Crippen LogP contribution in [0, 0.1) is 40.4 Å². The third-order valence-corrected chi connectivity index (χ3v) is 4.89. The van der Waals surface area contributed by atoms with Crippen molar-refractivity contribution in [2.24, 2.45) is 21.6 Å². The van der Waals surface area contributed by atoms with Crippen molar-refractivity contribution < 1.29 is 9.47 Å². The predicted octanol–water partition coefficient (Wildman–Crippen LogP) is 1.43. The van der Waals surface area contributed by atoms with E-state index in [4.69, 9.17) is 15.2 Å². The van der Waals surface area contributed by atoms with Crippen molar-refractivity contribution in [2.75, 3.05) is 14.2 Å². The van der Waals surface area contributed by atoms with Crippen molar-refractivity contribution >= 4 is 5.84 Å². The zero-order valence-electron chi connectivity index (χ0n) is 12.6. The van der Waals surface area contributed by atoms with Crippen molar-refractivity contribution in [1.82, 2.24) is 0 Å². The van der Waals surface area contributed by atoms with Crippen molar-refractivity contribution in [3.63, 3.8) is 0 Å². The van der Waals surface area contributed by atoms with Crippen LogP contribution in [0.1, 0.15) is 17.0 Å². The lowest BCUT2D eigenvalue weighted by molar-refractivity contribution is -0.230. The average molecular weight is 296 g/mol. The van der Waals surface area contributed by atoms with E-state index < -0.39 is 22.7 Å². The zero-order valence-corrected chi connectivity index (χ0v) is 12.6. The number of rotatable bonds is 3. The van der Waals surface area contributed by atoms with Gasteiger partial charge >= 0.3 is 0 Å². The minimum absolute atomic E-state index is 0.0887. The molecule has 6 nitrogen and oxygen atoms in total. The van der Waals surface area contributed by atoms with Gasteiger partial charge in [0.05, 0.1) is 12.1 Å². The number of methoxy groups -OCH3 is 2. The molecule has 0 bridgehead atoms. The molecule has 1 aliphatic carbocycles. The van der Waals surface area contributed by atoms with Gasteiger partial charge in [0, 0.05) is 20.1 Å². The second kappa shape index (κ2) is 4.30. The SMILES string of the molecule is COC1(OC)N=C(N)[C@]2(C#N)[C@@H](c3ccc(C)cc3)[C@@]12C#N. The van der Waals surface area contributed by atoms with E-state index in [-0.39, 0.29) is 5.84 Å². The fourth-order valence-electron chi connectivity index (χ4n) is 3.78. The molecule has 1 aliphatic heterocycles. The first-order valence-corrected chi connectivity index (χ1v) is 6.85. The predicted molar refractivity (Wildman–Crippen MR) is 78.4 cm³/mol. The monoisotopic (exact) mass is 296 g/mol. The lowest BCUT2D eigenvalue weighted by Gasteiger charge is -2.29. The third-order valence-electron chi connectivity index (χ3n) is 4.89. The van der Waals surface area contributed by atoms with E-state index in [0.717, 1.165) is 11.1 Å². The Morgan fingerprint density at radius 2 is 1.73 bits per heavy atom. The van der Waals surface area contributed by atoms with Gasteiger partial charge in [-0.2, -0.15) is 10.5 Å². The van der Waals surface area contributed by atoms with E-state index in [9.17, 15) is 10.5 Å². The summed E-state index contributed by atoms with van der Waals surface area (Å²) in [6.07, 6.45) is 0. The topological polar surface area (TPSA) is 104 Å². The minimum Gasteiger partial charge on any atom is -0.386 e. The Hall–Kier alpha value is -2.41. The highest BCUT2D eigenvalue weighted by molar-refractivity contribution is 6.00. The molecule has 1 saturated carbocycles. The molecule has 0 radical (unpaired) electrons. The lowest BCUT2D eigenvalue weighted by Crippen LogP contribution is -2.41. The fourth-order valence-corrected chi connectivity index (χ4v) is 3.78. The molecule has 0 unspecified atom stereocenters. The van der Waals surface area contributed by atoms with Crippen LogP contribution in [-0.4, -0.2) is 26.0 Å². The Labute approximate surface area is 128 Å². The number of aliphatic imine (C=N–C) groups is 1. The highest BCUT2D eigenvalue weighted by Gasteiger charge is 2.93. The Kier molecular flexibility index (Phi) is 2.84. The molecule has 1 aromatic rings. The van der Waals surface area contributed by atoms with Crippen LogP contribution in [0.5, 0.6) is 0 Å². The van der Waals surface area contributed by atoms with Crippen LogP contribution in [0.25, 0.3) is 0 Å². The Morgan fingerprint density at radius 1 is 1.14 bits per heavy atom. The van der Waals surface area contributed by atoms with Crippen LogP contribution < -0.4 is 5.73 Å². The molecule has 1 fully saturated rings. The van der Waals surface area contributed by atoms with Gasteiger partial charge in [-0.3, -0.25) is 0 Å². The number of fused-ring (bicyclic) bond motifs is 1. The Bertz CT molecular complexity index is 739. The molecule has 0 saturated heterocycles. The van der Waals surface area contributed by atoms with E-state index in [1.54, 1.807) is 0 Å². The molecule has 1 heterocycles. The molecule has 0 spiro atoms. The number of hydrogen-bond acceptors (Lipinski definition) is 6. The summed E-state index contributed by atoms with van der Waals surface area (Å²) < 4.78 is 10.8. The van der Waals surface area contributed by atoms with Crippen molar-refractivity contribution in [3.05, 3.63) is 35.4 Å². The molecule has 2 aliphatic rings. The van der Waals surface area contributed by atoms with Crippen LogP contribution in [0.4, 0.5) is 0 Å². The van der Waals surface area contributed by atoms with E-state index in [0.29, 0.717) is 0 Å². The molecule has 112 valence electrons. The smallest absolute Gasteiger partial charge is 0.292 e. The summed E-state index contributed by atoms with van der Waals surface area (Å²) in [4.78, 5) is 4.17. The van der Waals surface area contributed by atoms with Gasteiger partial charge in [0.1, 0.15) is 11.3 Å². The van der Waals surface area contributed by atoms with Crippen LogP contribution in [0.2, 0.25) is 0 Å². The van der Waals surface area contributed by atoms with E-state index in [1.165, 1.54) is 14.2 Å². The second-order valence-electron chi connectivity index (χ2n) is 5.67. The normalized spacial score (nSPS) is 34.2. The number of nitrogens with two attached hydrogens (primary N) is 1. The zero-order chi connectivity index (χ0) is 16.2. The molecule has 6 heteroatoms. The summed E-state index contributed by atoms with van der Waals surface area (Å²) in [6, 6.07) is 12.1. The number of aryl methyl sites for hydroxylation is 1. The maximum absolute atomic E-state index is 9.88. The van der Waals surface area contributed by atoms with Gasteiger partial charge in [-0.25, -0.2) is 4.99 Å². The molecular formula is C16H16N4O2. The Balaban J connectivity index is 2.23. The van der Waals surface area contributed by atoms with Gasteiger partial charge in [0.2, 0.25) is 0 Å². The van der Waals surface area contributed by atoms with Crippen molar-refractivity contribution in [2.45, 2.75) is 18.8 Å². The fraction of sp³-hybridized carbons (Fsp3) is 0.438. The maximum atomic E-state index is 9.88. The Morgan fingerprint density at radius 3 is 2.18 bits per heavy atom. The van der Waals surface area contributed by atoms with Gasteiger partial charge < -0.3 is 15.2 Å². The lowest BCUT2D eigenvalue weighted by atomic mass is 9.93. The third kappa shape index (κ3) is 1.24. The number of nitrogens with zero attached hydrogens (tertiary/aromatic N) is 3. The van der Waals surface area contributed by atoms with Gasteiger partial charge in [-0.1, -0.05) is 29.8 Å². The van der Waals surface area contributed by atoms with Gasteiger partial charge in [-0.05, 0) is 12.5 Å². The van der Waals surface area contributed by atoms with Gasteiger partial charge in [-0.15, -0.1) is 0 Å². The average Bonchev–Trinajstić information content (AvgIpc) is 3.11. The van der Waals surface area contributed by atoms with E-state index >= 15 is 0 Å². The maximum Gasteiger partial charge on any atom is 0.292 e. The number of ether oxygens (including phenoxy) is 2. The first-order chi connectivity index (χ1) is 10.5. The first kappa shape index (κ1) is 14.5. The van der Waals surface area contributed by atoms with Gasteiger partial charge in [0.25, 0.3) is 5.91 Å². The van der Waals surface area contributed by atoms with Crippen LogP contribution in [-0.2, 0) is 9.47 Å². The van der Waals surface area contributed by atoms with Gasteiger partial charge in [0.15, 0.2) is 5.41 Å². The molecule has 1 aromatic carbocycles. The quantitative estimate of drug-likeness (QED) is 0.849. The van der Waals surface area contributed by atoms with Crippen molar-refractivity contribution in [3.8, 4) is 12.1 Å². The molecular weight excluding hydrogens is 280 g/mol.